The van der Waals surface area contributed by atoms with E-state index in [9.17, 15) is 4.39 Å². The van der Waals surface area contributed by atoms with Crippen LogP contribution in [-0.2, 0) is 4.74 Å². The highest BCUT2D eigenvalue weighted by molar-refractivity contribution is 6.31. The average molecular weight is 259 g/mol. The summed E-state index contributed by atoms with van der Waals surface area (Å²) in [6.07, 6.45) is 0.982. The Morgan fingerprint density at radius 1 is 1.59 bits per heavy atom. The lowest BCUT2D eigenvalue weighted by Crippen LogP contribution is -2.27. The van der Waals surface area contributed by atoms with Crippen LogP contribution in [0.4, 0.5) is 15.8 Å². The molecule has 3 N–H and O–H groups in total. The predicted octanol–water partition coefficient (Wildman–Crippen LogP) is 2.90. The number of ether oxygens (including phenoxy) is 1. The first kappa shape index (κ1) is 12.5. The van der Waals surface area contributed by atoms with Gasteiger partial charge in [0, 0.05) is 18.6 Å². The zero-order chi connectivity index (χ0) is 12.4. The lowest BCUT2D eigenvalue weighted by atomic mass is 10.0. The molecule has 1 aliphatic heterocycles. The van der Waals surface area contributed by atoms with Gasteiger partial charge in [0.15, 0.2) is 5.82 Å². The fourth-order valence-electron chi connectivity index (χ4n) is 2.00. The Bertz CT molecular complexity index is 408. The summed E-state index contributed by atoms with van der Waals surface area (Å²) in [5.74, 6) is -0.106. The van der Waals surface area contributed by atoms with E-state index in [1.807, 2.05) is 6.92 Å². The summed E-state index contributed by atoms with van der Waals surface area (Å²) in [4.78, 5) is 0. The van der Waals surface area contributed by atoms with E-state index in [0.29, 0.717) is 18.2 Å². The third kappa shape index (κ3) is 2.64. The summed E-state index contributed by atoms with van der Waals surface area (Å²) in [5, 5.41) is 3.18. The van der Waals surface area contributed by atoms with Crippen molar-refractivity contribution in [2.45, 2.75) is 19.4 Å². The zero-order valence-electron chi connectivity index (χ0n) is 9.67. The molecule has 17 heavy (non-hydrogen) atoms. The Morgan fingerprint density at radius 2 is 2.35 bits per heavy atom. The Hall–Kier alpha value is -1.00. The lowest BCUT2D eigenvalue weighted by molar-refractivity contribution is 0.183. The molecule has 2 atom stereocenters. The Balaban J connectivity index is 2.14. The average Bonchev–Trinajstić information content (AvgIpc) is 2.83. The number of hydrogen-bond acceptors (Lipinski definition) is 3. The predicted molar refractivity (Wildman–Crippen MR) is 67.8 cm³/mol. The number of nitrogens with one attached hydrogen (secondary N) is 1. The summed E-state index contributed by atoms with van der Waals surface area (Å²) < 4.78 is 19.1. The van der Waals surface area contributed by atoms with Crippen LogP contribution in [0.25, 0.3) is 0 Å². The standard InChI is InChI=1S/C12H16ClFN2O/c1-7(8-4-5-17-6-8)16-12-10(15)3-2-9(13)11(12)14/h2-3,7-8,16H,4-6,15H2,1H3. The van der Waals surface area contributed by atoms with Crippen LogP contribution in [-0.4, -0.2) is 19.3 Å². The van der Waals surface area contributed by atoms with Crippen molar-refractivity contribution in [3.63, 3.8) is 0 Å². The second kappa shape index (κ2) is 5.10. The van der Waals surface area contributed by atoms with E-state index in [4.69, 9.17) is 22.1 Å². The van der Waals surface area contributed by atoms with Crippen LogP contribution in [0.2, 0.25) is 5.02 Å². The third-order valence-corrected chi connectivity index (χ3v) is 3.46. The van der Waals surface area contributed by atoms with E-state index in [-0.39, 0.29) is 16.8 Å². The van der Waals surface area contributed by atoms with Crippen LogP contribution in [0.15, 0.2) is 12.1 Å². The van der Waals surface area contributed by atoms with Crippen molar-refractivity contribution >= 4 is 23.0 Å². The van der Waals surface area contributed by atoms with E-state index in [2.05, 4.69) is 5.32 Å². The van der Waals surface area contributed by atoms with Gasteiger partial charge < -0.3 is 15.8 Å². The third-order valence-electron chi connectivity index (χ3n) is 3.17. The number of hydrogen-bond donors (Lipinski definition) is 2. The second-order valence-electron chi connectivity index (χ2n) is 4.38. The van der Waals surface area contributed by atoms with Gasteiger partial charge in [-0.15, -0.1) is 0 Å². The molecule has 0 spiro atoms. The van der Waals surface area contributed by atoms with E-state index in [0.717, 1.165) is 13.0 Å². The van der Waals surface area contributed by atoms with Gasteiger partial charge in [-0.05, 0) is 25.5 Å². The van der Waals surface area contributed by atoms with Gasteiger partial charge in [-0.2, -0.15) is 0 Å². The maximum absolute atomic E-state index is 13.8. The minimum absolute atomic E-state index is 0.0802. The quantitative estimate of drug-likeness (QED) is 0.820. The highest BCUT2D eigenvalue weighted by atomic mass is 35.5. The van der Waals surface area contributed by atoms with Gasteiger partial charge in [-0.1, -0.05) is 11.6 Å². The molecule has 0 radical (unpaired) electrons. The Labute approximate surface area is 105 Å². The van der Waals surface area contributed by atoms with Crippen LogP contribution in [0.1, 0.15) is 13.3 Å². The SMILES string of the molecule is CC(Nc1c(N)ccc(Cl)c1F)C1CCOC1. The molecule has 2 unspecified atom stereocenters. The molecule has 0 saturated carbocycles. The molecule has 1 aromatic carbocycles. The summed E-state index contributed by atoms with van der Waals surface area (Å²) in [5.41, 5.74) is 6.41. The van der Waals surface area contributed by atoms with E-state index < -0.39 is 5.82 Å². The van der Waals surface area contributed by atoms with Crippen LogP contribution < -0.4 is 11.1 Å². The minimum Gasteiger partial charge on any atom is -0.397 e. The maximum Gasteiger partial charge on any atom is 0.166 e. The van der Waals surface area contributed by atoms with Gasteiger partial charge in [-0.25, -0.2) is 4.39 Å². The van der Waals surface area contributed by atoms with Crippen molar-refractivity contribution < 1.29 is 9.13 Å². The number of anilines is 2. The second-order valence-corrected chi connectivity index (χ2v) is 4.79. The summed E-state index contributed by atoms with van der Waals surface area (Å²) in [7, 11) is 0. The van der Waals surface area contributed by atoms with Crippen LogP contribution in [0.3, 0.4) is 0 Å². The molecule has 0 aliphatic carbocycles. The van der Waals surface area contributed by atoms with Gasteiger partial charge in [0.05, 0.1) is 23.0 Å². The van der Waals surface area contributed by atoms with Gasteiger partial charge in [0.1, 0.15) is 0 Å². The monoisotopic (exact) mass is 258 g/mol. The van der Waals surface area contributed by atoms with Crippen molar-refractivity contribution in [2.75, 3.05) is 24.3 Å². The Kier molecular flexibility index (Phi) is 3.74. The molecule has 1 aliphatic rings. The first-order valence-electron chi connectivity index (χ1n) is 5.67. The Morgan fingerprint density at radius 3 is 3.00 bits per heavy atom. The highest BCUT2D eigenvalue weighted by Gasteiger charge is 2.23. The van der Waals surface area contributed by atoms with Crippen molar-refractivity contribution in [3.8, 4) is 0 Å². The first-order chi connectivity index (χ1) is 8.09. The molecule has 3 nitrogen and oxygen atoms in total. The molecule has 0 aromatic heterocycles. The summed E-state index contributed by atoms with van der Waals surface area (Å²) in [6, 6.07) is 3.17. The fraction of sp³-hybridized carbons (Fsp3) is 0.500. The number of nitrogen functional groups attached to an aromatic ring is 1. The molecule has 0 bridgehead atoms. The largest absolute Gasteiger partial charge is 0.397 e. The van der Waals surface area contributed by atoms with Gasteiger partial charge in [0.25, 0.3) is 0 Å². The number of benzene rings is 1. The molecule has 0 amide bonds. The van der Waals surface area contributed by atoms with Gasteiger partial charge >= 0.3 is 0 Å². The fourth-order valence-corrected chi connectivity index (χ4v) is 2.16. The number of rotatable bonds is 3. The molecular weight excluding hydrogens is 243 g/mol. The summed E-state index contributed by atoms with van der Waals surface area (Å²) in [6.45, 7) is 3.47. The summed E-state index contributed by atoms with van der Waals surface area (Å²) >= 11 is 5.73. The molecule has 2 rings (SSSR count). The molecule has 5 heteroatoms. The lowest BCUT2D eigenvalue weighted by Gasteiger charge is -2.22. The molecular formula is C12H16ClFN2O. The minimum atomic E-state index is -0.488. The topological polar surface area (TPSA) is 47.3 Å². The molecule has 1 saturated heterocycles. The van der Waals surface area contributed by atoms with Crippen molar-refractivity contribution in [2.24, 2.45) is 5.92 Å². The number of halogens is 2. The number of nitrogens with two attached hydrogens (primary N) is 1. The van der Waals surface area contributed by atoms with Crippen molar-refractivity contribution in [1.29, 1.82) is 0 Å². The molecule has 1 heterocycles. The molecule has 1 fully saturated rings. The van der Waals surface area contributed by atoms with Crippen LogP contribution >= 0.6 is 11.6 Å². The van der Waals surface area contributed by atoms with Gasteiger partial charge in [0.2, 0.25) is 0 Å². The molecule has 94 valence electrons. The van der Waals surface area contributed by atoms with E-state index >= 15 is 0 Å². The highest BCUT2D eigenvalue weighted by Crippen LogP contribution is 2.30. The van der Waals surface area contributed by atoms with E-state index in [1.165, 1.54) is 6.07 Å². The van der Waals surface area contributed by atoms with Gasteiger partial charge in [-0.3, -0.25) is 0 Å². The molecule has 1 aromatic rings. The van der Waals surface area contributed by atoms with Crippen molar-refractivity contribution in [3.05, 3.63) is 23.0 Å². The van der Waals surface area contributed by atoms with Crippen molar-refractivity contribution in [1.82, 2.24) is 0 Å². The normalized spacial score (nSPS) is 21.5. The maximum atomic E-state index is 13.8. The van der Waals surface area contributed by atoms with Crippen LogP contribution in [0, 0.1) is 11.7 Å². The van der Waals surface area contributed by atoms with E-state index in [1.54, 1.807) is 6.07 Å². The zero-order valence-corrected chi connectivity index (χ0v) is 10.4. The van der Waals surface area contributed by atoms with Crippen LogP contribution in [0.5, 0.6) is 0 Å². The smallest absolute Gasteiger partial charge is 0.166 e. The first-order valence-corrected chi connectivity index (χ1v) is 6.05.